The van der Waals surface area contributed by atoms with E-state index >= 15 is 0 Å². The molecular weight excluding hydrogens is 369 g/mol. The Morgan fingerprint density at radius 2 is 1.86 bits per heavy atom. The molecule has 0 heterocycles. The Hall–Kier alpha value is -2.25. The molecular formula is C20H29F3N4O. The minimum Gasteiger partial charge on any atom is -0.356 e. The van der Waals surface area contributed by atoms with E-state index < -0.39 is 11.7 Å². The summed E-state index contributed by atoms with van der Waals surface area (Å²) in [7, 11) is 1.59. The molecule has 1 fully saturated rings. The van der Waals surface area contributed by atoms with E-state index in [2.05, 4.69) is 20.9 Å². The van der Waals surface area contributed by atoms with Crippen molar-refractivity contribution in [2.75, 3.05) is 20.1 Å². The normalized spacial score (nSPS) is 16.9. The van der Waals surface area contributed by atoms with Crippen molar-refractivity contribution in [3.05, 3.63) is 35.4 Å². The molecule has 1 aromatic rings. The van der Waals surface area contributed by atoms with Crippen molar-refractivity contribution < 1.29 is 18.0 Å². The van der Waals surface area contributed by atoms with Crippen LogP contribution < -0.4 is 16.0 Å². The van der Waals surface area contributed by atoms with Crippen LogP contribution in [0.1, 0.15) is 51.2 Å². The Balaban J connectivity index is 2.00. The van der Waals surface area contributed by atoms with Gasteiger partial charge in [0.15, 0.2) is 5.96 Å². The number of hydrogen-bond acceptors (Lipinski definition) is 2. The first-order valence-corrected chi connectivity index (χ1v) is 9.38. The molecule has 8 heteroatoms. The molecule has 1 aliphatic rings. The molecule has 0 radical (unpaired) electrons. The Kier molecular flexibility index (Phi) is 6.62. The van der Waals surface area contributed by atoms with E-state index in [-0.39, 0.29) is 23.4 Å². The molecule has 0 spiro atoms. The molecule has 3 N–H and O–H groups in total. The second-order valence-corrected chi connectivity index (χ2v) is 8.29. The van der Waals surface area contributed by atoms with Gasteiger partial charge >= 0.3 is 6.18 Å². The Morgan fingerprint density at radius 1 is 1.18 bits per heavy atom. The largest absolute Gasteiger partial charge is 0.416 e. The van der Waals surface area contributed by atoms with Crippen molar-refractivity contribution in [1.29, 1.82) is 0 Å². The number of nitrogens with zero attached hydrogens (tertiary/aromatic N) is 1. The molecule has 0 aromatic heterocycles. The fourth-order valence-corrected chi connectivity index (χ4v) is 3.30. The molecule has 0 unspecified atom stereocenters. The summed E-state index contributed by atoms with van der Waals surface area (Å²) in [5.41, 5.74) is -0.624. The first-order valence-electron chi connectivity index (χ1n) is 9.38. The summed E-state index contributed by atoms with van der Waals surface area (Å²) in [6, 6.07) is 5.55. The van der Waals surface area contributed by atoms with E-state index in [0.717, 1.165) is 25.3 Å². The van der Waals surface area contributed by atoms with Crippen LogP contribution in [0.2, 0.25) is 0 Å². The van der Waals surface area contributed by atoms with Crippen molar-refractivity contribution in [2.24, 2.45) is 4.99 Å². The zero-order chi connectivity index (χ0) is 21.0. The first kappa shape index (κ1) is 22.0. The van der Waals surface area contributed by atoms with Gasteiger partial charge in [-0.1, -0.05) is 24.6 Å². The lowest BCUT2D eigenvalue weighted by atomic mass is 9.64. The lowest BCUT2D eigenvalue weighted by molar-refractivity contribution is -0.137. The highest BCUT2D eigenvalue weighted by molar-refractivity contribution is 5.86. The highest BCUT2D eigenvalue weighted by Crippen LogP contribution is 2.44. The number of alkyl halides is 3. The number of carbonyl (C=O) groups is 1. The number of halogens is 3. The number of nitrogens with one attached hydrogen (secondary N) is 3. The third kappa shape index (κ3) is 5.87. The van der Waals surface area contributed by atoms with Crippen molar-refractivity contribution in [1.82, 2.24) is 16.0 Å². The van der Waals surface area contributed by atoms with E-state index in [1.165, 1.54) is 12.1 Å². The van der Waals surface area contributed by atoms with Crippen molar-refractivity contribution in [2.45, 2.75) is 57.2 Å². The predicted molar refractivity (Wildman–Crippen MR) is 104 cm³/mol. The second-order valence-electron chi connectivity index (χ2n) is 8.29. The summed E-state index contributed by atoms with van der Waals surface area (Å²) in [6.07, 6.45) is -1.77. The summed E-state index contributed by atoms with van der Waals surface area (Å²) in [5, 5.41) is 8.96. The molecule has 2 rings (SSSR count). The minimum absolute atomic E-state index is 0.0630. The van der Waals surface area contributed by atoms with Gasteiger partial charge in [0.2, 0.25) is 5.91 Å². The van der Waals surface area contributed by atoms with E-state index in [0.29, 0.717) is 18.1 Å². The summed E-state index contributed by atoms with van der Waals surface area (Å²) in [5.74, 6) is 0.286. The van der Waals surface area contributed by atoms with Crippen molar-refractivity contribution >= 4 is 11.9 Å². The molecule has 0 saturated heterocycles. The maximum Gasteiger partial charge on any atom is 0.416 e. The monoisotopic (exact) mass is 398 g/mol. The van der Waals surface area contributed by atoms with Crippen LogP contribution in [0, 0.1) is 0 Å². The maximum absolute atomic E-state index is 13.1. The number of benzene rings is 1. The van der Waals surface area contributed by atoms with Crippen LogP contribution in [0.4, 0.5) is 13.2 Å². The smallest absolute Gasteiger partial charge is 0.356 e. The first-order chi connectivity index (χ1) is 13.0. The van der Waals surface area contributed by atoms with Gasteiger partial charge in [0.1, 0.15) is 0 Å². The molecule has 1 amide bonds. The summed E-state index contributed by atoms with van der Waals surface area (Å²) >= 11 is 0. The average molecular weight is 398 g/mol. The predicted octanol–water partition coefficient (Wildman–Crippen LogP) is 3.21. The van der Waals surface area contributed by atoms with Crippen molar-refractivity contribution in [3.8, 4) is 0 Å². The lowest BCUT2D eigenvalue weighted by Crippen LogP contribution is -2.51. The fraction of sp³-hybridized carbons (Fsp3) is 0.600. The molecule has 28 heavy (non-hydrogen) atoms. The molecule has 1 aromatic carbocycles. The third-order valence-corrected chi connectivity index (χ3v) is 4.86. The lowest BCUT2D eigenvalue weighted by Gasteiger charge is -2.43. The molecule has 0 bridgehead atoms. The number of guanidine groups is 1. The Morgan fingerprint density at radius 3 is 2.36 bits per heavy atom. The third-order valence-electron chi connectivity index (χ3n) is 4.86. The van der Waals surface area contributed by atoms with Crippen LogP contribution in [-0.4, -0.2) is 37.5 Å². The fourth-order valence-electron chi connectivity index (χ4n) is 3.30. The molecule has 0 atom stereocenters. The van der Waals surface area contributed by atoms with Crippen LogP contribution in [0.5, 0.6) is 0 Å². The van der Waals surface area contributed by atoms with E-state index in [4.69, 9.17) is 0 Å². The second kappa shape index (κ2) is 8.41. The molecule has 1 aliphatic carbocycles. The maximum atomic E-state index is 13.1. The van der Waals surface area contributed by atoms with Crippen LogP contribution >= 0.6 is 0 Å². The van der Waals surface area contributed by atoms with E-state index in [1.54, 1.807) is 13.1 Å². The van der Waals surface area contributed by atoms with Gasteiger partial charge in [0, 0.05) is 24.5 Å². The van der Waals surface area contributed by atoms with Gasteiger partial charge in [-0.25, -0.2) is 0 Å². The number of carbonyl (C=O) groups excluding carboxylic acids is 1. The average Bonchev–Trinajstić information content (AvgIpc) is 2.54. The summed E-state index contributed by atoms with van der Waals surface area (Å²) in [6.45, 7) is 6.20. The number of aliphatic imine (C=N–C) groups is 1. The molecule has 0 aliphatic heterocycles. The summed E-state index contributed by atoms with van der Waals surface area (Å²) in [4.78, 5) is 16.0. The zero-order valence-electron chi connectivity index (χ0n) is 16.8. The van der Waals surface area contributed by atoms with Gasteiger partial charge in [-0.05, 0) is 45.2 Å². The van der Waals surface area contributed by atoms with Gasteiger partial charge in [-0.15, -0.1) is 0 Å². The van der Waals surface area contributed by atoms with Crippen molar-refractivity contribution in [3.63, 3.8) is 0 Å². The molecule has 156 valence electrons. The number of amides is 1. The van der Waals surface area contributed by atoms with E-state index in [9.17, 15) is 18.0 Å². The number of hydrogen-bond donors (Lipinski definition) is 3. The molecule has 5 nitrogen and oxygen atoms in total. The van der Waals surface area contributed by atoms with Crippen LogP contribution in [0.3, 0.4) is 0 Å². The summed E-state index contributed by atoms with van der Waals surface area (Å²) < 4.78 is 39.2. The highest BCUT2D eigenvalue weighted by atomic mass is 19.4. The van der Waals surface area contributed by atoms with Crippen LogP contribution in [0.25, 0.3) is 0 Å². The van der Waals surface area contributed by atoms with E-state index in [1.807, 2.05) is 20.8 Å². The van der Waals surface area contributed by atoms with Crippen LogP contribution in [-0.2, 0) is 16.4 Å². The molecule has 1 saturated carbocycles. The SMILES string of the molecule is CN=C(NCC(=O)NC(C)(C)C)NCC1(c2cccc(C(F)(F)F)c2)CCC1. The van der Waals surface area contributed by atoms with Crippen LogP contribution in [0.15, 0.2) is 29.3 Å². The quantitative estimate of drug-likeness (QED) is 0.527. The topological polar surface area (TPSA) is 65.5 Å². The van der Waals surface area contributed by atoms with Gasteiger partial charge < -0.3 is 16.0 Å². The van der Waals surface area contributed by atoms with Gasteiger partial charge in [-0.2, -0.15) is 13.2 Å². The Labute approximate surface area is 164 Å². The Bertz CT molecular complexity index is 719. The number of rotatable bonds is 5. The zero-order valence-corrected chi connectivity index (χ0v) is 16.8. The standard InChI is InChI=1S/C20H29F3N4O/c1-18(2,3)27-16(28)12-25-17(24-4)26-13-19(9-6-10-19)14-7-5-8-15(11-14)20(21,22)23/h5,7-8,11H,6,9-10,12-13H2,1-4H3,(H,27,28)(H2,24,25,26). The highest BCUT2D eigenvalue weighted by Gasteiger charge is 2.40. The minimum atomic E-state index is -4.35. The van der Waals surface area contributed by atoms with Gasteiger partial charge in [-0.3, -0.25) is 9.79 Å². The van der Waals surface area contributed by atoms with Gasteiger partial charge in [0.25, 0.3) is 0 Å². The van der Waals surface area contributed by atoms with Gasteiger partial charge in [0.05, 0.1) is 12.1 Å².